The van der Waals surface area contributed by atoms with Gasteiger partial charge < -0.3 is 20.8 Å². The zero-order valence-electron chi connectivity index (χ0n) is 25.4. The average Bonchev–Trinajstić information content (AvgIpc) is 2.93. The number of carbonyl (C=O) groups excluding carboxylic acids is 3. The van der Waals surface area contributed by atoms with E-state index in [1.807, 2.05) is 0 Å². The van der Waals surface area contributed by atoms with Gasteiger partial charge in [-0.3, -0.25) is 14.4 Å². The van der Waals surface area contributed by atoms with Crippen LogP contribution in [-0.4, -0.2) is 95.4 Å². The summed E-state index contributed by atoms with van der Waals surface area (Å²) in [4.78, 5) is 30.1. The maximum atomic E-state index is 12.5. The summed E-state index contributed by atoms with van der Waals surface area (Å²) < 4.78 is 356. The minimum atomic E-state index is -6.92. The van der Waals surface area contributed by atoms with Gasteiger partial charge in [0.1, 0.15) is 0 Å². The van der Waals surface area contributed by atoms with Crippen molar-refractivity contribution in [3.63, 3.8) is 0 Å². The minimum absolute atomic E-state index is 0. The van der Waals surface area contributed by atoms with Gasteiger partial charge in [0.15, 0.2) is 0 Å². The number of hydrogen-bond acceptors (Lipinski definition) is 6. The third-order valence-corrected chi connectivity index (χ3v) is 4.80. The number of halogens is 30. The van der Waals surface area contributed by atoms with E-state index in [1.165, 1.54) is 0 Å². The largest absolute Gasteiger partial charge is 3.00 e. The van der Waals surface area contributed by atoms with Crippen LogP contribution in [0.3, 0.4) is 0 Å². The Morgan fingerprint density at radius 1 is 0.305 bits per heavy atom. The maximum absolute atomic E-state index is 12.5. The summed E-state index contributed by atoms with van der Waals surface area (Å²) in [5, 5.41) is 30.9. The van der Waals surface area contributed by atoms with Crippen molar-refractivity contribution < 1.29 is 216 Å². The molecule has 348 valence electrons. The molecule has 0 rings (SSSR count). The molecule has 0 aliphatic rings. The topological polar surface area (TPSA) is 152 Å². The van der Waals surface area contributed by atoms with E-state index in [0.29, 0.717) is 0 Å². The van der Waals surface area contributed by atoms with Crippen molar-refractivity contribution in [2.75, 3.05) is 0 Å². The maximum Gasteiger partial charge on any atom is 3.00 e. The first kappa shape index (κ1) is 65.2. The summed E-state index contributed by atoms with van der Waals surface area (Å²) >= 11 is 0. The molecule has 0 aromatic carbocycles. The normalized spacial score (nSPS) is 15.1. The van der Waals surface area contributed by atoms with Crippen molar-refractivity contribution >= 4 is 17.3 Å². The number of allylic oxidation sites excluding steroid dienone is 6. The zero-order chi connectivity index (χ0) is 47.6. The van der Waals surface area contributed by atoms with Gasteiger partial charge in [-0.2, -0.15) is 132 Å². The molecular weight excluding hydrogens is 1090 g/mol. The van der Waals surface area contributed by atoms with Gasteiger partial charge in [0, 0.05) is 0 Å². The second kappa shape index (κ2) is 19.8. The van der Waals surface area contributed by atoms with Crippen molar-refractivity contribution in [2.24, 2.45) is 0 Å². The van der Waals surface area contributed by atoms with Crippen LogP contribution in [-0.2, 0) is 14.4 Å². The van der Waals surface area contributed by atoms with E-state index in [-0.39, 0.29) is 54.9 Å². The van der Waals surface area contributed by atoms with Gasteiger partial charge in [0.25, 0.3) is 17.3 Å². The van der Waals surface area contributed by atoms with Gasteiger partial charge in [-0.1, -0.05) is 17.3 Å². The molecule has 59 heavy (non-hydrogen) atoms. The molecule has 0 atom stereocenters. The van der Waals surface area contributed by atoms with E-state index < -0.39 is 125 Å². The Morgan fingerprint density at radius 3 is 0.508 bits per heavy atom. The molecule has 0 aromatic heterocycles. The fourth-order valence-electron chi connectivity index (χ4n) is 1.87. The summed E-state index contributed by atoms with van der Waals surface area (Å²) in [5.74, 6) is -61.0. The Bertz CT molecular complexity index is 1350. The van der Waals surface area contributed by atoms with Crippen LogP contribution in [0.1, 0.15) is 0 Å². The van der Waals surface area contributed by atoms with Crippen LogP contribution < -0.4 is 15.3 Å². The van der Waals surface area contributed by atoms with Gasteiger partial charge in [0.2, 0.25) is 0 Å². The number of alkyl halides is 30. The molecule has 0 saturated heterocycles. The molecule has 0 aliphatic heterocycles. The Hall–Kier alpha value is -2.93. The SMILES string of the molecule is O.O=C(/C=C(\[O-])C(F)(F)C(F)(F)C(F)(F)F)C(F)(F)F.O=C(/C=C(\[O-])C(F)(F)C(F)(F)C(F)(F)F)C(F)(F)F.O=C(/C=C(\[O-])C(F)(F)C(F)(F)C(F)(F)F)C(F)(F)F.[Eu+3]. The fraction of sp³-hybridized carbons (Fsp3) is 0.571. The minimum Gasteiger partial charge on any atom is -0.871 e. The zero-order valence-corrected chi connectivity index (χ0v) is 27.8. The first-order chi connectivity index (χ1) is 24.1. The molecule has 0 radical (unpaired) electrons. The molecule has 0 aromatic rings. The van der Waals surface area contributed by atoms with Gasteiger partial charge in [-0.15, -0.1) is 0 Å². The molecule has 0 bridgehead atoms. The molecule has 2 N–H and O–H groups in total. The Balaban J connectivity index is -0.000000243. The third kappa shape index (κ3) is 15.8. The standard InChI is InChI=1S/3C7H2F10O2.Eu.H2O/c3*8-4(9,6(13,14)7(15,16)17)2(18)1-3(19)5(10,11)12;;/h3*1,18H;;1H2/q;;;+3;/p-3/b3*2-1-;;. The fourth-order valence-corrected chi connectivity index (χ4v) is 1.87. The smallest absolute Gasteiger partial charge is 0.871 e. The van der Waals surface area contributed by atoms with Crippen molar-refractivity contribution in [3.05, 3.63) is 35.5 Å². The molecule has 0 spiro atoms. The summed E-state index contributed by atoms with van der Waals surface area (Å²) in [6.45, 7) is 0. The predicted octanol–water partition coefficient (Wildman–Crippen LogP) is 5.76. The van der Waals surface area contributed by atoms with E-state index in [4.69, 9.17) is 0 Å². The summed E-state index contributed by atoms with van der Waals surface area (Å²) in [5.41, 5.74) is 0. The molecule has 7 nitrogen and oxygen atoms in total. The van der Waals surface area contributed by atoms with Gasteiger partial charge in [-0.25, -0.2) is 0 Å². The predicted molar refractivity (Wildman–Crippen MR) is 109 cm³/mol. The molecule has 38 heteroatoms. The van der Waals surface area contributed by atoms with E-state index in [2.05, 4.69) is 0 Å². The van der Waals surface area contributed by atoms with E-state index in [1.54, 1.807) is 0 Å². The molecule has 0 fully saturated rings. The van der Waals surface area contributed by atoms with Crippen LogP contribution >= 0.6 is 0 Å². The summed E-state index contributed by atoms with van der Waals surface area (Å²) in [6.07, 6.45) is -42.9. The van der Waals surface area contributed by atoms with Gasteiger partial charge in [-0.05, 0) is 18.2 Å². The van der Waals surface area contributed by atoms with Gasteiger partial charge >= 0.3 is 122 Å². The quantitative estimate of drug-likeness (QED) is 0.163. The summed E-state index contributed by atoms with van der Waals surface area (Å²) in [7, 11) is 0. The number of ketones is 3. The molecular formula is C21H5EuF30O7. The Labute approximate surface area is 340 Å². The molecule has 0 aliphatic carbocycles. The Kier molecular flexibility index (Phi) is 21.9. The molecule has 0 heterocycles. The second-order valence-electron chi connectivity index (χ2n) is 9.05. The average molecular weight is 1090 g/mol. The number of carbonyl (C=O) groups is 3. The van der Waals surface area contributed by atoms with E-state index in [9.17, 15) is 161 Å². The van der Waals surface area contributed by atoms with Crippen LogP contribution in [0.2, 0.25) is 0 Å². The first-order valence-corrected chi connectivity index (χ1v) is 11.6. The van der Waals surface area contributed by atoms with E-state index in [0.717, 1.165) is 0 Å². The molecule has 0 saturated carbocycles. The van der Waals surface area contributed by atoms with Crippen LogP contribution in [0.15, 0.2) is 35.5 Å². The third-order valence-electron chi connectivity index (χ3n) is 4.80. The Morgan fingerprint density at radius 2 is 0.424 bits per heavy atom. The van der Waals surface area contributed by atoms with Crippen LogP contribution in [0.5, 0.6) is 0 Å². The van der Waals surface area contributed by atoms with Crippen molar-refractivity contribution in [3.8, 4) is 0 Å². The van der Waals surface area contributed by atoms with Crippen molar-refractivity contribution in [1.82, 2.24) is 0 Å². The van der Waals surface area contributed by atoms with Crippen LogP contribution in [0.4, 0.5) is 132 Å². The molecule has 0 amide bonds. The van der Waals surface area contributed by atoms with Gasteiger partial charge in [0.05, 0.1) is 0 Å². The van der Waals surface area contributed by atoms with Crippen LogP contribution in [0, 0.1) is 49.4 Å². The van der Waals surface area contributed by atoms with Crippen molar-refractivity contribution in [2.45, 2.75) is 72.6 Å². The van der Waals surface area contributed by atoms with Crippen molar-refractivity contribution in [1.29, 1.82) is 0 Å². The summed E-state index contributed by atoms with van der Waals surface area (Å²) in [6, 6.07) is 0. The monoisotopic (exact) mass is 1090 g/mol. The van der Waals surface area contributed by atoms with E-state index >= 15 is 0 Å². The van der Waals surface area contributed by atoms with Crippen LogP contribution in [0.25, 0.3) is 0 Å². The number of rotatable bonds is 9. The second-order valence-corrected chi connectivity index (χ2v) is 9.05. The molecule has 0 unspecified atom stereocenters. The number of hydrogen-bond donors (Lipinski definition) is 0. The first-order valence-electron chi connectivity index (χ1n) is 11.6.